The molecule has 0 N–H and O–H groups in total. The Balaban J connectivity index is 0.00000106. The van der Waals surface area contributed by atoms with Crippen LogP contribution >= 0.6 is 0 Å². The fourth-order valence-corrected chi connectivity index (χ4v) is 1.90. The molecule has 2 amide bonds. The summed E-state index contributed by atoms with van der Waals surface area (Å²) in [5, 5.41) is 10.7. The number of benzene rings is 1. The van der Waals surface area contributed by atoms with Crippen molar-refractivity contribution in [3.8, 4) is 0 Å². The van der Waals surface area contributed by atoms with Crippen LogP contribution in [0, 0.1) is 10.1 Å². The Bertz CT molecular complexity index is 569. The summed E-state index contributed by atoms with van der Waals surface area (Å²) in [5.74, 6) is -0.859. The monoisotopic (exact) mass is 293 g/mol. The highest BCUT2D eigenvalue weighted by Gasteiger charge is 2.36. The van der Waals surface area contributed by atoms with Gasteiger partial charge in [-0.1, -0.05) is 13.8 Å². The van der Waals surface area contributed by atoms with E-state index in [9.17, 15) is 19.7 Å². The number of carbonyl (C=O) groups is 2. The lowest BCUT2D eigenvalue weighted by molar-refractivity contribution is -0.384. The van der Waals surface area contributed by atoms with Gasteiger partial charge in [0.25, 0.3) is 17.5 Å². The highest BCUT2D eigenvalue weighted by Crippen LogP contribution is 2.26. The lowest BCUT2D eigenvalue weighted by Crippen LogP contribution is -2.35. The number of carbonyl (C=O) groups excluding carboxylic acids is 2. The van der Waals surface area contributed by atoms with Gasteiger partial charge in [0.15, 0.2) is 0 Å². The summed E-state index contributed by atoms with van der Waals surface area (Å²) in [7, 11) is 3.67. The molecule has 1 heterocycles. The van der Waals surface area contributed by atoms with E-state index in [1.807, 2.05) is 32.8 Å². The molecule has 0 spiro atoms. The number of hydrogen-bond donors (Lipinski definition) is 0. The minimum atomic E-state index is -0.583. The van der Waals surface area contributed by atoms with Gasteiger partial charge >= 0.3 is 0 Å². The maximum Gasteiger partial charge on any atom is 0.270 e. The molecule has 0 atom stereocenters. The second kappa shape index (κ2) is 6.94. The average molecular weight is 293 g/mol. The Morgan fingerprint density at radius 1 is 1.14 bits per heavy atom. The Hall–Kier alpha value is -2.28. The van der Waals surface area contributed by atoms with E-state index < -0.39 is 16.7 Å². The summed E-state index contributed by atoms with van der Waals surface area (Å²) in [6.07, 6.45) is 0. The van der Waals surface area contributed by atoms with Gasteiger partial charge in [-0.3, -0.25) is 24.6 Å². The Morgan fingerprint density at radius 3 is 2.24 bits per heavy atom. The summed E-state index contributed by atoms with van der Waals surface area (Å²) >= 11 is 0. The van der Waals surface area contributed by atoms with Gasteiger partial charge in [0.05, 0.1) is 16.1 Å². The topological polar surface area (TPSA) is 83.8 Å². The molecule has 0 radical (unpaired) electrons. The van der Waals surface area contributed by atoms with E-state index in [-0.39, 0.29) is 23.4 Å². The molecular formula is C14H19N3O4. The number of rotatable bonds is 4. The van der Waals surface area contributed by atoms with Crippen LogP contribution in [0.2, 0.25) is 0 Å². The molecule has 0 bridgehead atoms. The first kappa shape index (κ1) is 16.8. The van der Waals surface area contributed by atoms with Crippen molar-refractivity contribution in [1.82, 2.24) is 9.80 Å². The van der Waals surface area contributed by atoms with Gasteiger partial charge in [0, 0.05) is 25.2 Å². The number of nitro benzene ring substituents is 1. The third-order valence-electron chi connectivity index (χ3n) is 2.94. The number of nitro groups is 1. The molecule has 7 nitrogen and oxygen atoms in total. The normalized spacial score (nSPS) is 13.1. The number of imide groups is 1. The van der Waals surface area contributed by atoms with Gasteiger partial charge in [-0.2, -0.15) is 0 Å². The predicted molar refractivity (Wildman–Crippen MR) is 78.4 cm³/mol. The zero-order valence-electron chi connectivity index (χ0n) is 12.6. The molecule has 0 saturated carbocycles. The summed E-state index contributed by atoms with van der Waals surface area (Å²) < 4.78 is 0. The molecule has 1 aliphatic rings. The molecule has 1 aromatic carbocycles. The zero-order chi connectivity index (χ0) is 16.2. The van der Waals surface area contributed by atoms with Gasteiger partial charge in [-0.25, -0.2) is 0 Å². The maximum absolute atomic E-state index is 12.1. The smallest absolute Gasteiger partial charge is 0.270 e. The van der Waals surface area contributed by atoms with Crippen molar-refractivity contribution in [3.05, 3.63) is 39.4 Å². The third-order valence-corrected chi connectivity index (χ3v) is 2.94. The van der Waals surface area contributed by atoms with Crippen LogP contribution in [0.5, 0.6) is 0 Å². The standard InChI is InChI=1S/C12H13N3O4.C2H6/c1-13(2)5-6-14-11(16)9-4-3-8(15(18)19)7-10(9)12(14)17;1-2/h3-4,7H,5-6H2,1-2H3;1-2H3. The van der Waals surface area contributed by atoms with Crippen LogP contribution in [0.4, 0.5) is 5.69 Å². The first-order valence-electron chi connectivity index (χ1n) is 6.71. The van der Waals surface area contributed by atoms with Crippen LogP contribution in [-0.2, 0) is 0 Å². The number of amides is 2. The van der Waals surface area contributed by atoms with Crippen LogP contribution in [0.1, 0.15) is 34.6 Å². The molecule has 1 aliphatic heterocycles. The molecule has 2 rings (SSSR count). The van der Waals surface area contributed by atoms with E-state index in [2.05, 4.69) is 0 Å². The van der Waals surface area contributed by atoms with E-state index in [4.69, 9.17) is 0 Å². The molecule has 0 saturated heterocycles. The number of nitrogens with zero attached hydrogens (tertiary/aromatic N) is 3. The summed E-state index contributed by atoms with van der Waals surface area (Å²) in [6.45, 7) is 4.82. The van der Waals surface area contributed by atoms with E-state index >= 15 is 0 Å². The van der Waals surface area contributed by atoms with Crippen LogP contribution in [0.3, 0.4) is 0 Å². The van der Waals surface area contributed by atoms with Crippen molar-refractivity contribution in [2.75, 3.05) is 27.2 Å². The van der Waals surface area contributed by atoms with Crippen molar-refractivity contribution < 1.29 is 14.5 Å². The summed E-state index contributed by atoms with van der Waals surface area (Å²) in [6, 6.07) is 3.73. The van der Waals surface area contributed by atoms with Crippen LogP contribution in [-0.4, -0.2) is 53.7 Å². The van der Waals surface area contributed by atoms with Gasteiger partial charge in [0.2, 0.25) is 0 Å². The van der Waals surface area contributed by atoms with Crippen molar-refractivity contribution in [2.45, 2.75) is 13.8 Å². The molecule has 21 heavy (non-hydrogen) atoms. The number of hydrogen-bond acceptors (Lipinski definition) is 5. The summed E-state index contributed by atoms with van der Waals surface area (Å²) in [5.41, 5.74) is 0.154. The molecule has 0 fully saturated rings. The largest absolute Gasteiger partial charge is 0.308 e. The van der Waals surface area contributed by atoms with Crippen LogP contribution < -0.4 is 0 Å². The zero-order valence-corrected chi connectivity index (χ0v) is 12.6. The lowest BCUT2D eigenvalue weighted by Gasteiger charge is -2.16. The van der Waals surface area contributed by atoms with Gasteiger partial charge in [-0.15, -0.1) is 0 Å². The van der Waals surface area contributed by atoms with Crippen molar-refractivity contribution in [3.63, 3.8) is 0 Å². The Kier molecular flexibility index (Phi) is 5.54. The molecule has 0 aromatic heterocycles. The Morgan fingerprint density at radius 2 is 1.71 bits per heavy atom. The van der Waals surface area contributed by atoms with Gasteiger partial charge < -0.3 is 4.90 Å². The Labute approximate surface area is 123 Å². The average Bonchev–Trinajstić information content (AvgIpc) is 2.70. The lowest BCUT2D eigenvalue weighted by atomic mass is 10.1. The summed E-state index contributed by atoms with van der Waals surface area (Å²) in [4.78, 5) is 37.1. The van der Waals surface area contributed by atoms with Crippen molar-refractivity contribution in [1.29, 1.82) is 0 Å². The van der Waals surface area contributed by atoms with Crippen molar-refractivity contribution >= 4 is 17.5 Å². The fourth-order valence-electron chi connectivity index (χ4n) is 1.90. The van der Waals surface area contributed by atoms with E-state index in [0.717, 1.165) is 11.0 Å². The fraction of sp³-hybridized carbons (Fsp3) is 0.429. The number of likely N-dealkylation sites (N-methyl/N-ethyl adjacent to an activating group) is 1. The highest BCUT2D eigenvalue weighted by molar-refractivity contribution is 6.21. The number of fused-ring (bicyclic) bond motifs is 1. The van der Waals surface area contributed by atoms with Crippen LogP contribution in [0.25, 0.3) is 0 Å². The predicted octanol–water partition coefficient (Wildman–Crippen LogP) is 1.78. The van der Waals surface area contributed by atoms with Crippen LogP contribution in [0.15, 0.2) is 18.2 Å². The molecule has 0 unspecified atom stereocenters. The minimum Gasteiger partial charge on any atom is -0.308 e. The highest BCUT2D eigenvalue weighted by atomic mass is 16.6. The SMILES string of the molecule is CC.CN(C)CCN1C(=O)c2ccc([N+](=O)[O-])cc2C1=O. The minimum absolute atomic E-state index is 0.109. The van der Waals surface area contributed by atoms with E-state index in [0.29, 0.717) is 6.54 Å². The first-order valence-corrected chi connectivity index (χ1v) is 6.71. The van der Waals surface area contributed by atoms with E-state index in [1.165, 1.54) is 12.1 Å². The maximum atomic E-state index is 12.1. The quantitative estimate of drug-likeness (QED) is 0.480. The molecule has 0 aliphatic carbocycles. The first-order chi connectivity index (χ1) is 9.91. The molecule has 1 aromatic rings. The second-order valence-corrected chi connectivity index (χ2v) is 4.55. The van der Waals surface area contributed by atoms with Gasteiger partial charge in [0.1, 0.15) is 0 Å². The molecule has 7 heteroatoms. The third kappa shape index (κ3) is 3.43. The van der Waals surface area contributed by atoms with E-state index in [1.54, 1.807) is 0 Å². The number of non-ortho nitro benzene ring substituents is 1. The van der Waals surface area contributed by atoms with Crippen molar-refractivity contribution in [2.24, 2.45) is 0 Å². The molecular weight excluding hydrogens is 274 g/mol. The molecule has 114 valence electrons. The van der Waals surface area contributed by atoms with Gasteiger partial charge in [-0.05, 0) is 20.2 Å². The second-order valence-electron chi connectivity index (χ2n) is 4.55.